The molecule has 0 aliphatic rings. The van der Waals surface area contributed by atoms with Crippen LogP contribution < -0.4 is 15.8 Å². The lowest BCUT2D eigenvalue weighted by Crippen LogP contribution is -2.41. The Kier molecular flexibility index (Phi) is 11.1. The van der Waals surface area contributed by atoms with Crippen LogP contribution in [0.25, 0.3) is 0 Å². The molecule has 0 saturated heterocycles. The molecule has 1 aromatic carbocycles. The molecule has 136 valence electrons. The summed E-state index contributed by atoms with van der Waals surface area (Å²) in [6, 6.07) is 6.97. The van der Waals surface area contributed by atoms with Crippen molar-refractivity contribution in [2.24, 2.45) is 11.7 Å². The number of carbonyl (C=O) groups is 2. The fraction of sp³-hybridized carbons (Fsp3) is 0.556. The van der Waals surface area contributed by atoms with Crippen molar-refractivity contribution in [3.8, 4) is 5.75 Å². The number of carbonyl (C=O) groups excluding carboxylic acids is 2. The van der Waals surface area contributed by atoms with E-state index in [0.29, 0.717) is 24.6 Å². The maximum absolute atomic E-state index is 12.1. The number of nitrogens with two attached hydrogens (primary N) is 1. The molecule has 6 heteroatoms. The average molecular weight is 357 g/mol. The Hall–Kier alpha value is -1.59. The van der Waals surface area contributed by atoms with E-state index in [1.807, 2.05) is 6.92 Å². The van der Waals surface area contributed by atoms with E-state index < -0.39 is 0 Å². The highest BCUT2D eigenvalue weighted by Crippen LogP contribution is 2.14. The lowest BCUT2D eigenvalue weighted by atomic mass is 10.0. The number of halogens is 1. The van der Waals surface area contributed by atoms with Gasteiger partial charge in [0.2, 0.25) is 5.91 Å². The van der Waals surface area contributed by atoms with Gasteiger partial charge in [0, 0.05) is 31.0 Å². The number of rotatable bonds is 10. The molecular weight excluding hydrogens is 328 g/mol. The van der Waals surface area contributed by atoms with Gasteiger partial charge in [0.05, 0.1) is 6.61 Å². The Morgan fingerprint density at radius 3 is 2.29 bits per heavy atom. The molecule has 1 atom stereocenters. The molecule has 0 bridgehead atoms. The number of nitrogens with one attached hydrogen (secondary N) is 1. The van der Waals surface area contributed by atoms with Gasteiger partial charge in [-0.05, 0) is 43.5 Å². The van der Waals surface area contributed by atoms with Gasteiger partial charge in [0.25, 0.3) is 0 Å². The van der Waals surface area contributed by atoms with Crippen LogP contribution in [0.1, 0.15) is 50.4 Å². The first kappa shape index (κ1) is 22.4. The van der Waals surface area contributed by atoms with Crippen LogP contribution in [0.15, 0.2) is 24.3 Å². The molecule has 1 aromatic rings. The molecule has 5 nitrogen and oxygen atoms in total. The van der Waals surface area contributed by atoms with Crippen LogP contribution in [0.2, 0.25) is 0 Å². The Morgan fingerprint density at radius 1 is 1.17 bits per heavy atom. The van der Waals surface area contributed by atoms with Gasteiger partial charge in [0.15, 0.2) is 5.78 Å². The first-order valence-corrected chi connectivity index (χ1v) is 8.21. The standard InChI is InChI=1S/C18H28N2O3.ClH/c1-4-23-16-7-5-14(6-8-16)17(21)9-10-18(22)20-15(12-19)11-13(2)3;/h5-8,13,15H,4,9-12,19H2,1-3H3,(H,20,22);1H. The second-order valence-corrected chi connectivity index (χ2v) is 6.01. The van der Waals surface area contributed by atoms with Crippen LogP contribution in [0.5, 0.6) is 5.75 Å². The van der Waals surface area contributed by atoms with Crippen LogP contribution in [-0.4, -0.2) is 30.9 Å². The zero-order chi connectivity index (χ0) is 17.2. The highest BCUT2D eigenvalue weighted by atomic mass is 35.5. The van der Waals surface area contributed by atoms with E-state index in [4.69, 9.17) is 10.5 Å². The van der Waals surface area contributed by atoms with Crippen LogP contribution in [0.3, 0.4) is 0 Å². The summed E-state index contributed by atoms with van der Waals surface area (Å²) in [7, 11) is 0. The van der Waals surface area contributed by atoms with Crippen LogP contribution >= 0.6 is 12.4 Å². The molecular formula is C18H29ClN2O3. The molecule has 1 amide bonds. The monoisotopic (exact) mass is 356 g/mol. The fourth-order valence-corrected chi connectivity index (χ4v) is 2.36. The largest absolute Gasteiger partial charge is 0.494 e. The highest BCUT2D eigenvalue weighted by molar-refractivity contribution is 5.98. The minimum absolute atomic E-state index is 0. The van der Waals surface area contributed by atoms with Crippen molar-refractivity contribution < 1.29 is 14.3 Å². The third-order valence-corrected chi connectivity index (χ3v) is 3.47. The van der Waals surface area contributed by atoms with Gasteiger partial charge in [-0.2, -0.15) is 0 Å². The van der Waals surface area contributed by atoms with Gasteiger partial charge in [-0.15, -0.1) is 12.4 Å². The Morgan fingerprint density at radius 2 is 1.79 bits per heavy atom. The van der Waals surface area contributed by atoms with Gasteiger partial charge in [-0.3, -0.25) is 9.59 Å². The van der Waals surface area contributed by atoms with E-state index in [-0.39, 0.29) is 43.0 Å². The molecule has 0 saturated carbocycles. The minimum atomic E-state index is -0.125. The Bertz CT molecular complexity index is 503. The Balaban J connectivity index is 0.00000529. The number of Topliss-reactive ketones (excluding diaryl/α,β-unsaturated/α-hetero) is 1. The van der Waals surface area contributed by atoms with E-state index in [2.05, 4.69) is 19.2 Å². The quantitative estimate of drug-likeness (QED) is 0.631. The first-order chi connectivity index (χ1) is 11.0. The molecule has 1 unspecified atom stereocenters. The molecule has 24 heavy (non-hydrogen) atoms. The van der Waals surface area contributed by atoms with Crippen molar-refractivity contribution in [2.75, 3.05) is 13.2 Å². The number of ether oxygens (including phenoxy) is 1. The third-order valence-electron chi connectivity index (χ3n) is 3.47. The summed E-state index contributed by atoms with van der Waals surface area (Å²) in [5.41, 5.74) is 6.26. The first-order valence-electron chi connectivity index (χ1n) is 8.21. The summed E-state index contributed by atoms with van der Waals surface area (Å²) < 4.78 is 5.34. The van der Waals surface area contributed by atoms with E-state index >= 15 is 0 Å². The molecule has 1 rings (SSSR count). The van der Waals surface area contributed by atoms with Crippen LogP contribution in [-0.2, 0) is 4.79 Å². The molecule has 0 heterocycles. The summed E-state index contributed by atoms with van der Waals surface area (Å²) >= 11 is 0. The molecule has 3 N–H and O–H groups in total. The summed E-state index contributed by atoms with van der Waals surface area (Å²) in [5, 5.41) is 2.89. The number of hydrogen-bond acceptors (Lipinski definition) is 4. The number of ketones is 1. The lowest BCUT2D eigenvalue weighted by Gasteiger charge is -2.18. The molecule has 0 aliphatic carbocycles. The highest BCUT2D eigenvalue weighted by Gasteiger charge is 2.14. The second-order valence-electron chi connectivity index (χ2n) is 6.01. The smallest absolute Gasteiger partial charge is 0.220 e. The summed E-state index contributed by atoms with van der Waals surface area (Å²) in [6.45, 7) is 7.09. The van der Waals surface area contributed by atoms with E-state index in [1.165, 1.54) is 0 Å². The predicted molar refractivity (Wildman–Crippen MR) is 98.9 cm³/mol. The van der Waals surface area contributed by atoms with Crippen molar-refractivity contribution in [2.45, 2.75) is 46.1 Å². The van der Waals surface area contributed by atoms with Crippen molar-refractivity contribution in [3.63, 3.8) is 0 Å². The van der Waals surface area contributed by atoms with Crippen molar-refractivity contribution in [3.05, 3.63) is 29.8 Å². The number of amides is 1. The maximum Gasteiger partial charge on any atom is 0.220 e. The topological polar surface area (TPSA) is 81.4 Å². The third kappa shape index (κ3) is 8.31. The van der Waals surface area contributed by atoms with Crippen molar-refractivity contribution in [1.82, 2.24) is 5.32 Å². The zero-order valence-electron chi connectivity index (χ0n) is 14.7. The molecule has 0 aromatic heterocycles. The van der Waals surface area contributed by atoms with Crippen molar-refractivity contribution >= 4 is 24.1 Å². The van der Waals surface area contributed by atoms with Gasteiger partial charge in [-0.25, -0.2) is 0 Å². The summed E-state index contributed by atoms with van der Waals surface area (Å²) in [4.78, 5) is 24.0. The SMILES string of the molecule is CCOc1ccc(C(=O)CCC(=O)NC(CN)CC(C)C)cc1.Cl. The second kappa shape index (κ2) is 11.9. The number of benzene rings is 1. The molecule has 0 radical (unpaired) electrons. The molecule has 0 fully saturated rings. The normalized spacial score (nSPS) is 11.5. The van der Waals surface area contributed by atoms with Gasteiger partial charge in [0.1, 0.15) is 5.75 Å². The fourth-order valence-electron chi connectivity index (χ4n) is 2.36. The van der Waals surface area contributed by atoms with E-state index in [9.17, 15) is 9.59 Å². The Labute approximate surface area is 150 Å². The van der Waals surface area contributed by atoms with E-state index in [0.717, 1.165) is 12.2 Å². The molecule has 0 spiro atoms. The summed E-state index contributed by atoms with van der Waals surface area (Å²) in [6.07, 6.45) is 1.22. The van der Waals surface area contributed by atoms with Crippen molar-refractivity contribution in [1.29, 1.82) is 0 Å². The van der Waals surface area contributed by atoms with Gasteiger partial charge >= 0.3 is 0 Å². The lowest BCUT2D eigenvalue weighted by molar-refractivity contribution is -0.121. The summed E-state index contributed by atoms with van der Waals surface area (Å²) in [5.74, 6) is 1.03. The average Bonchev–Trinajstić information content (AvgIpc) is 2.52. The van der Waals surface area contributed by atoms with Gasteiger partial charge in [-0.1, -0.05) is 13.8 Å². The van der Waals surface area contributed by atoms with Crippen LogP contribution in [0.4, 0.5) is 0 Å². The van der Waals surface area contributed by atoms with E-state index in [1.54, 1.807) is 24.3 Å². The van der Waals surface area contributed by atoms with Gasteiger partial charge < -0.3 is 15.8 Å². The minimum Gasteiger partial charge on any atom is -0.494 e. The predicted octanol–water partition coefficient (Wildman–Crippen LogP) is 2.96. The maximum atomic E-state index is 12.1. The zero-order valence-corrected chi connectivity index (χ0v) is 15.5. The number of hydrogen-bond donors (Lipinski definition) is 2. The van der Waals surface area contributed by atoms with Crippen LogP contribution in [0, 0.1) is 5.92 Å². The molecule has 0 aliphatic heterocycles.